The zero-order valence-electron chi connectivity index (χ0n) is 12.8. The van der Waals surface area contributed by atoms with Crippen LogP contribution in [0.15, 0.2) is 38.5 Å². The van der Waals surface area contributed by atoms with E-state index in [-0.39, 0.29) is 0 Å². The SMILES string of the molecule is Cc1nn(CCNS(=O)(=O)c2cccs2)c(C)c1-c1ccsc1. The van der Waals surface area contributed by atoms with E-state index >= 15 is 0 Å². The van der Waals surface area contributed by atoms with Crippen molar-refractivity contribution >= 4 is 32.7 Å². The van der Waals surface area contributed by atoms with E-state index in [0.29, 0.717) is 17.3 Å². The smallest absolute Gasteiger partial charge is 0.250 e. The van der Waals surface area contributed by atoms with Crippen molar-refractivity contribution in [3.05, 3.63) is 45.7 Å². The summed E-state index contributed by atoms with van der Waals surface area (Å²) in [7, 11) is -3.42. The van der Waals surface area contributed by atoms with Crippen LogP contribution in [0.5, 0.6) is 0 Å². The molecular weight excluding hydrogens is 350 g/mol. The first-order valence-electron chi connectivity index (χ1n) is 7.09. The Bertz CT molecular complexity index is 879. The maximum absolute atomic E-state index is 12.1. The first-order valence-corrected chi connectivity index (χ1v) is 10.4. The van der Waals surface area contributed by atoms with Gasteiger partial charge in [0.25, 0.3) is 0 Å². The fourth-order valence-corrected chi connectivity index (χ4v) is 5.22. The van der Waals surface area contributed by atoms with Gasteiger partial charge in [-0.1, -0.05) is 6.07 Å². The second-order valence-corrected chi connectivity index (χ2v) is 8.83. The number of hydrogen-bond donors (Lipinski definition) is 1. The van der Waals surface area contributed by atoms with Gasteiger partial charge in [-0.25, -0.2) is 13.1 Å². The summed E-state index contributed by atoms with van der Waals surface area (Å²) in [6.45, 7) is 4.81. The van der Waals surface area contributed by atoms with Crippen LogP contribution in [0, 0.1) is 13.8 Å². The van der Waals surface area contributed by atoms with Crippen LogP contribution in [-0.2, 0) is 16.6 Å². The molecule has 0 saturated carbocycles. The third-order valence-electron chi connectivity index (χ3n) is 3.57. The Balaban J connectivity index is 1.71. The summed E-state index contributed by atoms with van der Waals surface area (Å²) in [4.78, 5) is 0. The molecule has 23 heavy (non-hydrogen) atoms. The Morgan fingerprint density at radius 2 is 2.09 bits per heavy atom. The fourth-order valence-electron chi connectivity index (χ4n) is 2.51. The molecule has 0 radical (unpaired) electrons. The molecule has 0 atom stereocenters. The van der Waals surface area contributed by atoms with E-state index in [9.17, 15) is 8.42 Å². The third-order valence-corrected chi connectivity index (χ3v) is 7.11. The monoisotopic (exact) mass is 367 g/mol. The lowest BCUT2D eigenvalue weighted by atomic mass is 10.1. The van der Waals surface area contributed by atoms with E-state index in [2.05, 4.69) is 21.3 Å². The summed E-state index contributed by atoms with van der Waals surface area (Å²) in [5.41, 5.74) is 4.31. The maximum atomic E-state index is 12.1. The highest BCUT2D eigenvalue weighted by atomic mass is 32.2. The van der Waals surface area contributed by atoms with Gasteiger partial charge in [0.05, 0.1) is 12.2 Å². The molecule has 122 valence electrons. The lowest BCUT2D eigenvalue weighted by Gasteiger charge is -2.07. The number of rotatable bonds is 6. The summed E-state index contributed by atoms with van der Waals surface area (Å²) >= 11 is 2.87. The van der Waals surface area contributed by atoms with Crippen molar-refractivity contribution in [3.63, 3.8) is 0 Å². The minimum atomic E-state index is -3.42. The Labute approximate surface area is 143 Å². The van der Waals surface area contributed by atoms with Crippen molar-refractivity contribution in [1.29, 1.82) is 0 Å². The molecule has 0 aromatic carbocycles. The van der Waals surface area contributed by atoms with E-state index in [4.69, 9.17) is 0 Å². The summed E-state index contributed by atoms with van der Waals surface area (Å²) in [6, 6.07) is 5.41. The van der Waals surface area contributed by atoms with Crippen LogP contribution in [0.3, 0.4) is 0 Å². The second kappa shape index (κ2) is 6.56. The van der Waals surface area contributed by atoms with Crippen LogP contribution in [0.1, 0.15) is 11.4 Å². The van der Waals surface area contributed by atoms with Gasteiger partial charge in [-0.3, -0.25) is 4.68 Å². The Morgan fingerprint density at radius 3 is 2.74 bits per heavy atom. The van der Waals surface area contributed by atoms with Crippen molar-refractivity contribution in [2.24, 2.45) is 0 Å². The van der Waals surface area contributed by atoms with Crippen LogP contribution in [0.2, 0.25) is 0 Å². The van der Waals surface area contributed by atoms with E-state index < -0.39 is 10.0 Å². The quantitative estimate of drug-likeness (QED) is 0.727. The molecule has 3 rings (SSSR count). The molecule has 0 unspecified atom stereocenters. The predicted molar refractivity (Wildman–Crippen MR) is 94.5 cm³/mol. The molecule has 0 bridgehead atoms. The molecule has 0 spiro atoms. The van der Waals surface area contributed by atoms with Gasteiger partial charge in [0.15, 0.2) is 0 Å². The van der Waals surface area contributed by atoms with Crippen LogP contribution in [-0.4, -0.2) is 24.7 Å². The van der Waals surface area contributed by atoms with Gasteiger partial charge < -0.3 is 0 Å². The number of sulfonamides is 1. The van der Waals surface area contributed by atoms with Crippen LogP contribution in [0.4, 0.5) is 0 Å². The normalized spacial score (nSPS) is 11.9. The number of aryl methyl sites for hydroxylation is 1. The molecule has 3 heterocycles. The van der Waals surface area contributed by atoms with Crippen LogP contribution in [0.25, 0.3) is 11.1 Å². The van der Waals surface area contributed by atoms with Gasteiger partial charge in [-0.05, 0) is 47.7 Å². The Kier molecular flexibility index (Phi) is 4.67. The van der Waals surface area contributed by atoms with Crippen molar-refractivity contribution < 1.29 is 8.42 Å². The second-order valence-electron chi connectivity index (χ2n) is 5.11. The largest absolute Gasteiger partial charge is 0.268 e. The number of hydrogen-bond acceptors (Lipinski definition) is 5. The number of nitrogens with zero attached hydrogens (tertiary/aromatic N) is 2. The average Bonchev–Trinajstić information content (AvgIpc) is 3.22. The first-order chi connectivity index (χ1) is 11.0. The van der Waals surface area contributed by atoms with E-state index in [0.717, 1.165) is 22.5 Å². The minimum Gasteiger partial charge on any atom is -0.268 e. The highest BCUT2D eigenvalue weighted by Gasteiger charge is 2.16. The van der Waals surface area contributed by atoms with E-state index in [1.165, 1.54) is 11.3 Å². The van der Waals surface area contributed by atoms with E-state index in [1.807, 2.05) is 23.9 Å². The van der Waals surface area contributed by atoms with Crippen LogP contribution >= 0.6 is 22.7 Å². The number of aromatic nitrogens is 2. The van der Waals surface area contributed by atoms with E-state index in [1.54, 1.807) is 28.8 Å². The zero-order chi connectivity index (χ0) is 16.4. The third kappa shape index (κ3) is 3.40. The van der Waals surface area contributed by atoms with Gasteiger partial charge >= 0.3 is 0 Å². The molecule has 0 aliphatic heterocycles. The van der Waals surface area contributed by atoms with Gasteiger partial charge in [-0.2, -0.15) is 16.4 Å². The summed E-state index contributed by atoms with van der Waals surface area (Å²) in [6.07, 6.45) is 0. The molecule has 3 aromatic rings. The van der Waals surface area contributed by atoms with Gasteiger partial charge in [0.1, 0.15) is 4.21 Å². The highest BCUT2D eigenvalue weighted by molar-refractivity contribution is 7.91. The first kappa shape index (κ1) is 16.4. The molecule has 3 aromatic heterocycles. The molecule has 0 aliphatic rings. The molecule has 0 saturated heterocycles. The topological polar surface area (TPSA) is 64.0 Å². The van der Waals surface area contributed by atoms with Crippen molar-refractivity contribution in [3.8, 4) is 11.1 Å². The summed E-state index contributed by atoms with van der Waals surface area (Å²) in [5, 5.41) is 10.4. The van der Waals surface area contributed by atoms with Crippen molar-refractivity contribution in [1.82, 2.24) is 14.5 Å². The van der Waals surface area contributed by atoms with Crippen LogP contribution < -0.4 is 4.72 Å². The summed E-state index contributed by atoms with van der Waals surface area (Å²) in [5.74, 6) is 0. The lowest BCUT2D eigenvalue weighted by Crippen LogP contribution is -2.27. The standard InChI is InChI=1S/C15H17N3O2S3/c1-11-15(13-5-9-21-10-13)12(2)18(17-11)7-6-16-23(19,20)14-4-3-8-22-14/h3-5,8-10,16H,6-7H2,1-2H3. The summed E-state index contributed by atoms with van der Waals surface area (Å²) < 4.78 is 29.0. The number of nitrogens with one attached hydrogen (secondary N) is 1. The Morgan fingerprint density at radius 1 is 1.26 bits per heavy atom. The Hall–Kier alpha value is -1.48. The van der Waals surface area contributed by atoms with Gasteiger partial charge in [0, 0.05) is 17.8 Å². The maximum Gasteiger partial charge on any atom is 0.250 e. The lowest BCUT2D eigenvalue weighted by molar-refractivity contribution is 0.556. The molecule has 0 fully saturated rings. The van der Waals surface area contributed by atoms with Gasteiger partial charge in [-0.15, -0.1) is 11.3 Å². The fraction of sp³-hybridized carbons (Fsp3) is 0.267. The molecule has 1 N–H and O–H groups in total. The number of thiophene rings is 2. The molecule has 0 aliphatic carbocycles. The molecule has 5 nitrogen and oxygen atoms in total. The van der Waals surface area contributed by atoms with Crippen molar-refractivity contribution in [2.75, 3.05) is 6.54 Å². The molecule has 0 amide bonds. The zero-order valence-corrected chi connectivity index (χ0v) is 15.3. The molecular formula is C15H17N3O2S3. The molecule has 8 heteroatoms. The van der Waals surface area contributed by atoms with Crippen molar-refractivity contribution in [2.45, 2.75) is 24.6 Å². The van der Waals surface area contributed by atoms with Gasteiger partial charge in [0.2, 0.25) is 10.0 Å². The minimum absolute atomic E-state index is 0.311. The predicted octanol–water partition coefficient (Wildman–Crippen LogP) is 3.27. The highest BCUT2D eigenvalue weighted by Crippen LogP contribution is 2.28. The average molecular weight is 368 g/mol.